The van der Waals surface area contributed by atoms with Gasteiger partial charge in [0.15, 0.2) is 10.9 Å². The van der Waals surface area contributed by atoms with Gasteiger partial charge in [0.05, 0.1) is 11.2 Å². The highest BCUT2D eigenvalue weighted by Crippen LogP contribution is 2.24. The quantitative estimate of drug-likeness (QED) is 0.216. The predicted octanol–water partition coefficient (Wildman–Crippen LogP) is 5.71. The van der Waals surface area contributed by atoms with Gasteiger partial charge in [-0.05, 0) is 42.3 Å². The molecular weight excluding hydrogens is 436 g/mol. The lowest BCUT2D eigenvalue weighted by Crippen LogP contribution is -2.12. The number of carbonyl (C=O) groups excluding carboxylic acids is 1. The van der Waals surface area contributed by atoms with Gasteiger partial charge in [0, 0.05) is 10.2 Å². The Labute approximate surface area is 169 Å². The van der Waals surface area contributed by atoms with Crippen molar-refractivity contribution in [1.29, 1.82) is 0 Å². The Hall–Kier alpha value is -1.89. The second kappa shape index (κ2) is 8.66. The van der Waals surface area contributed by atoms with Gasteiger partial charge in [-0.25, -0.2) is 14.8 Å². The highest BCUT2D eigenvalue weighted by atomic mass is 79.9. The molecule has 0 aliphatic rings. The summed E-state index contributed by atoms with van der Waals surface area (Å²) in [6.07, 6.45) is 1.42. The maximum Gasteiger partial charge on any atom is 0.364 e. The number of hydrogen-bond donors (Lipinski definition) is 0. The van der Waals surface area contributed by atoms with E-state index >= 15 is 0 Å². The monoisotopic (exact) mass is 448 g/mol. The van der Waals surface area contributed by atoms with Gasteiger partial charge in [-0.2, -0.15) is 0 Å². The molecule has 3 rings (SSSR count). The van der Waals surface area contributed by atoms with Gasteiger partial charge in [-0.15, -0.1) is 0 Å². The number of ether oxygens (including phenoxy) is 1. The lowest BCUT2D eigenvalue weighted by Gasteiger charge is -2.07. The number of thioether (sulfide) groups is 1. The van der Waals surface area contributed by atoms with Gasteiger partial charge < -0.3 is 4.74 Å². The number of aromatic nitrogens is 2. The normalized spacial score (nSPS) is 10.6. The molecule has 7 heteroatoms. The molecule has 0 N–H and O–H groups in total. The second-order valence-electron chi connectivity index (χ2n) is 5.41. The molecule has 2 aromatic carbocycles. The summed E-state index contributed by atoms with van der Waals surface area (Å²) in [6, 6.07) is 15.0. The average Bonchev–Trinajstić information content (AvgIpc) is 2.64. The van der Waals surface area contributed by atoms with Crippen molar-refractivity contribution in [1.82, 2.24) is 9.97 Å². The summed E-state index contributed by atoms with van der Waals surface area (Å²) in [5.41, 5.74) is 2.44. The molecule has 4 nitrogen and oxygen atoms in total. The van der Waals surface area contributed by atoms with Crippen molar-refractivity contribution in [3.8, 4) is 5.75 Å². The number of aryl methyl sites for hydroxylation is 1. The Morgan fingerprint density at radius 3 is 2.65 bits per heavy atom. The molecule has 0 unspecified atom stereocenters. The molecule has 0 bridgehead atoms. The lowest BCUT2D eigenvalue weighted by molar-refractivity contribution is 0.0727. The first-order chi connectivity index (χ1) is 12.5. The first-order valence-corrected chi connectivity index (χ1v) is 9.86. The SMILES string of the molecule is Cc1ccccc1CSc1ncc(Cl)c(C(=O)Oc2ccc(Br)cc2)n1. The van der Waals surface area contributed by atoms with E-state index in [2.05, 4.69) is 45.0 Å². The molecule has 1 heterocycles. The second-order valence-corrected chi connectivity index (χ2v) is 7.67. The summed E-state index contributed by atoms with van der Waals surface area (Å²) in [5.74, 6) is 0.509. The fourth-order valence-electron chi connectivity index (χ4n) is 2.14. The van der Waals surface area contributed by atoms with E-state index in [1.54, 1.807) is 24.3 Å². The number of rotatable bonds is 5. The van der Waals surface area contributed by atoms with E-state index in [4.69, 9.17) is 16.3 Å². The Bertz CT molecular complexity index is 935. The van der Waals surface area contributed by atoms with E-state index in [1.165, 1.54) is 29.1 Å². The summed E-state index contributed by atoms with van der Waals surface area (Å²) >= 11 is 10.9. The van der Waals surface area contributed by atoms with E-state index in [-0.39, 0.29) is 10.7 Å². The summed E-state index contributed by atoms with van der Waals surface area (Å²) in [6.45, 7) is 2.06. The molecule has 0 aliphatic heterocycles. The Balaban J connectivity index is 1.73. The highest BCUT2D eigenvalue weighted by Gasteiger charge is 2.17. The van der Waals surface area contributed by atoms with E-state index in [1.807, 2.05) is 12.1 Å². The maximum absolute atomic E-state index is 12.4. The van der Waals surface area contributed by atoms with Crippen molar-refractivity contribution in [3.05, 3.63) is 81.0 Å². The van der Waals surface area contributed by atoms with Crippen molar-refractivity contribution in [2.45, 2.75) is 17.8 Å². The molecule has 0 radical (unpaired) electrons. The minimum atomic E-state index is -0.613. The van der Waals surface area contributed by atoms with E-state index in [9.17, 15) is 4.79 Å². The van der Waals surface area contributed by atoms with Crippen molar-refractivity contribution in [2.24, 2.45) is 0 Å². The largest absolute Gasteiger partial charge is 0.422 e. The van der Waals surface area contributed by atoms with Gasteiger partial charge in [-0.1, -0.05) is 63.6 Å². The van der Waals surface area contributed by atoms with Crippen molar-refractivity contribution >= 4 is 45.3 Å². The molecule has 0 spiro atoms. The van der Waals surface area contributed by atoms with Crippen LogP contribution in [0.3, 0.4) is 0 Å². The minimum absolute atomic E-state index is 0.0527. The number of esters is 1. The zero-order valence-corrected chi connectivity index (χ0v) is 16.9. The zero-order chi connectivity index (χ0) is 18.5. The summed E-state index contributed by atoms with van der Waals surface area (Å²) in [4.78, 5) is 20.8. The molecule has 0 amide bonds. The maximum atomic E-state index is 12.4. The van der Waals surface area contributed by atoms with Crippen molar-refractivity contribution in [2.75, 3.05) is 0 Å². The number of nitrogens with zero attached hydrogens (tertiary/aromatic N) is 2. The molecule has 0 fully saturated rings. The molecule has 0 atom stereocenters. The van der Waals surface area contributed by atoms with Crippen LogP contribution >= 0.6 is 39.3 Å². The van der Waals surface area contributed by atoms with Crippen molar-refractivity contribution in [3.63, 3.8) is 0 Å². The number of benzene rings is 2. The van der Waals surface area contributed by atoms with Crippen molar-refractivity contribution < 1.29 is 9.53 Å². The summed E-state index contributed by atoms with van der Waals surface area (Å²) in [7, 11) is 0. The number of hydrogen-bond acceptors (Lipinski definition) is 5. The van der Waals surface area contributed by atoms with Crippen LogP contribution in [0.15, 0.2) is 64.4 Å². The molecule has 0 saturated heterocycles. The molecule has 0 aliphatic carbocycles. The first kappa shape index (κ1) is 18.9. The Kier molecular flexibility index (Phi) is 6.29. The third-order valence-electron chi connectivity index (χ3n) is 3.56. The molecule has 26 heavy (non-hydrogen) atoms. The fourth-order valence-corrected chi connectivity index (χ4v) is 3.46. The smallest absolute Gasteiger partial charge is 0.364 e. The van der Waals surface area contributed by atoms with Crippen LogP contribution in [0, 0.1) is 6.92 Å². The minimum Gasteiger partial charge on any atom is -0.422 e. The standard InChI is InChI=1S/C19H14BrClN2O2S/c1-12-4-2-3-5-13(12)11-26-19-22-10-16(21)17(23-19)18(24)25-15-8-6-14(20)7-9-15/h2-10H,11H2,1H3. The van der Waals surface area contributed by atoms with Crippen LogP contribution in [0.25, 0.3) is 0 Å². The molecular formula is C19H14BrClN2O2S. The first-order valence-electron chi connectivity index (χ1n) is 7.70. The van der Waals surface area contributed by atoms with Crippen LogP contribution < -0.4 is 4.74 Å². The highest BCUT2D eigenvalue weighted by molar-refractivity contribution is 9.10. The van der Waals surface area contributed by atoms with Crippen LogP contribution in [-0.2, 0) is 5.75 Å². The molecule has 0 saturated carbocycles. The Morgan fingerprint density at radius 2 is 1.92 bits per heavy atom. The lowest BCUT2D eigenvalue weighted by atomic mass is 10.1. The third kappa shape index (κ3) is 4.84. The fraction of sp³-hybridized carbons (Fsp3) is 0.105. The van der Waals surface area contributed by atoms with Crippen LogP contribution in [-0.4, -0.2) is 15.9 Å². The molecule has 132 valence electrons. The van der Waals surface area contributed by atoms with E-state index < -0.39 is 5.97 Å². The third-order valence-corrected chi connectivity index (χ3v) is 5.27. The predicted molar refractivity (Wildman–Crippen MR) is 107 cm³/mol. The Morgan fingerprint density at radius 1 is 1.19 bits per heavy atom. The van der Waals surface area contributed by atoms with Gasteiger partial charge >= 0.3 is 5.97 Å². The van der Waals surface area contributed by atoms with E-state index in [0.717, 1.165) is 4.47 Å². The summed E-state index contributed by atoms with van der Waals surface area (Å²) in [5, 5.41) is 0.632. The number of halogens is 2. The van der Waals surface area contributed by atoms with Crippen LogP contribution in [0.2, 0.25) is 5.02 Å². The van der Waals surface area contributed by atoms with Crippen LogP contribution in [0.5, 0.6) is 5.75 Å². The van der Waals surface area contributed by atoms with Gasteiger partial charge in [0.25, 0.3) is 0 Å². The van der Waals surface area contributed by atoms with Gasteiger partial charge in [-0.3, -0.25) is 0 Å². The van der Waals surface area contributed by atoms with Gasteiger partial charge in [0.2, 0.25) is 0 Å². The van der Waals surface area contributed by atoms with Gasteiger partial charge in [0.1, 0.15) is 5.75 Å². The molecule has 1 aromatic heterocycles. The molecule has 3 aromatic rings. The average molecular weight is 450 g/mol. The summed E-state index contributed by atoms with van der Waals surface area (Å²) < 4.78 is 6.23. The van der Waals surface area contributed by atoms with E-state index in [0.29, 0.717) is 16.7 Å². The zero-order valence-electron chi connectivity index (χ0n) is 13.8. The van der Waals surface area contributed by atoms with Crippen LogP contribution in [0.1, 0.15) is 21.6 Å². The topological polar surface area (TPSA) is 52.1 Å². The van der Waals surface area contributed by atoms with Crippen LogP contribution in [0.4, 0.5) is 0 Å². The number of carbonyl (C=O) groups is 1.